The van der Waals surface area contributed by atoms with Gasteiger partial charge in [-0.05, 0) is 37.3 Å². The topological polar surface area (TPSA) is 45.0 Å². The number of nitrogens with one attached hydrogen (secondary N) is 1. The van der Waals surface area contributed by atoms with Gasteiger partial charge >= 0.3 is 0 Å². The van der Waals surface area contributed by atoms with Crippen LogP contribution in [0.4, 0.5) is 5.69 Å². The Kier molecular flexibility index (Phi) is 4.25. The minimum Gasteiger partial charge on any atom is -0.497 e. The van der Waals surface area contributed by atoms with Gasteiger partial charge in [0, 0.05) is 12.6 Å². The molecule has 0 saturated heterocycles. The number of hydrogen-bond donors (Lipinski definition) is 1. The van der Waals surface area contributed by atoms with E-state index in [1.165, 1.54) is 6.42 Å². The molecule has 0 fully saturated rings. The Hall–Kier alpha value is -1.95. The summed E-state index contributed by atoms with van der Waals surface area (Å²) in [4.78, 5) is 0. The third kappa shape index (κ3) is 3.04. The molecule has 1 aromatic rings. The standard InChI is InChI=1S/C15H18N2O/c1-18-14-8-7-13(10-16)15(9-14)17-11-12-5-3-2-4-6-12/h2-3,7-9,12,17H,4-6,11H2,1H3. The molecule has 0 bridgehead atoms. The molecule has 3 heteroatoms. The Morgan fingerprint density at radius 3 is 3.00 bits per heavy atom. The molecule has 0 aliphatic heterocycles. The summed E-state index contributed by atoms with van der Waals surface area (Å²) in [7, 11) is 1.64. The molecule has 18 heavy (non-hydrogen) atoms. The number of benzene rings is 1. The van der Waals surface area contributed by atoms with Crippen molar-refractivity contribution in [3.63, 3.8) is 0 Å². The predicted molar refractivity (Wildman–Crippen MR) is 72.7 cm³/mol. The summed E-state index contributed by atoms with van der Waals surface area (Å²) in [6.07, 6.45) is 7.99. The zero-order valence-electron chi connectivity index (χ0n) is 10.6. The Balaban J connectivity index is 2.03. The highest BCUT2D eigenvalue weighted by Crippen LogP contribution is 2.24. The molecule has 1 atom stereocenters. The molecule has 0 radical (unpaired) electrons. The average molecular weight is 242 g/mol. The number of ether oxygens (including phenoxy) is 1. The minimum atomic E-state index is 0.660. The van der Waals surface area contributed by atoms with E-state index in [1.54, 1.807) is 13.2 Å². The highest BCUT2D eigenvalue weighted by Gasteiger charge is 2.11. The fourth-order valence-corrected chi connectivity index (χ4v) is 2.19. The first kappa shape index (κ1) is 12.5. The minimum absolute atomic E-state index is 0.660. The molecule has 0 aromatic heterocycles. The van der Waals surface area contributed by atoms with Crippen LogP contribution in [0.5, 0.6) is 5.75 Å². The SMILES string of the molecule is COc1ccc(C#N)c(NCC2CC=CCC2)c1. The molecule has 94 valence electrons. The van der Waals surface area contributed by atoms with E-state index in [9.17, 15) is 0 Å². The number of anilines is 1. The highest BCUT2D eigenvalue weighted by molar-refractivity contribution is 5.60. The van der Waals surface area contributed by atoms with E-state index < -0.39 is 0 Å². The molecular weight excluding hydrogens is 224 g/mol. The van der Waals surface area contributed by atoms with Crippen LogP contribution in [0, 0.1) is 17.2 Å². The Morgan fingerprint density at radius 2 is 2.33 bits per heavy atom. The van der Waals surface area contributed by atoms with Crippen molar-refractivity contribution in [1.82, 2.24) is 0 Å². The van der Waals surface area contributed by atoms with E-state index in [0.29, 0.717) is 11.5 Å². The van der Waals surface area contributed by atoms with E-state index in [1.807, 2.05) is 12.1 Å². The van der Waals surface area contributed by atoms with Gasteiger partial charge in [-0.2, -0.15) is 5.26 Å². The van der Waals surface area contributed by atoms with E-state index >= 15 is 0 Å². The molecule has 1 aliphatic rings. The van der Waals surface area contributed by atoms with Crippen LogP contribution < -0.4 is 10.1 Å². The molecule has 1 aliphatic carbocycles. The molecule has 1 N–H and O–H groups in total. The molecule has 0 heterocycles. The van der Waals surface area contributed by atoms with Gasteiger partial charge in [-0.1, -0.05) is 12.2 Å². The molecule has 0 saturated carbocycles. The summed E-state index contributed by atoms with van der Waals surface area (Å²) in [6, 6.07) is 7.69. The first-order chi connectivity index (χ1) is 8.83. The third-order valence-corrected chi connectivity index (χ3v) is 3.31. The maximum absolute atomic E-state index is 9.08. The van der Waals surface area contributed by atoms with Crippen LogP contribution in [0.3, 0.4) is 0 Å². The molecule has 0 amide bonds. The zero-order valence-corrected chi connectivity index (χ0v) is 10.6. The Morgan fingerprint density at radius 1 is 1.44 bits per heavy atom. The van der Waals surface area contributed by atoms with Crippen LogP contribution >= 0.6 is 0 Å². The summed E-state index contributed by atoms with van der Waals surface area (Å²) < 4.78 is 5.19. The maximum atomic E-state index is 9.08. The van der Waals surface area contributed by atoms with Gasteiger partial charge in [0.1, 0.15) is 11.8 Å². The van der Waals surface area contributed by atoms with Gasteiger partial charge in [0.2, 0.25) is 0 Å². The second kappa shape index (κ2) is 6.11. The van der Waals surface area contributed by atoms with Crippen LogP contribution in [-0.4, -0.2) is 13.7 Å². The van der Waals surface area contributed by atoms with Gasteiger partial charge in [0.25, 0.3) is 0 Å². The van der Waals surface area contributed by atoms with Crippen molar-refractivity contribution in [3.8, 4) is 11.8 Å². The van der Waals surface area contributed by atoms with Crippen LogP contribution in [0.2, 0.25) is 0 Å². The van der Waals surface area contributed by atoms with Gasteiger partial charge in [-0.15, -0.1) is 0 Å². The summed E-state index contributed by atoms with van der Waals surface area (Å²) >= 11 is 0. The van der Waals surface area contributed by atoms with Crippen molar-refractivity contribution < 1.29 is 4.74 Å². The number of nitrogens with zero attached hydrogens (tertiary/aromatic N) is 1. The van der Waals surface area contributed by atoms with Gasteiger partial charge in [0.05, 0.1) is 18.4 Å². The highest BCUT2D eigenvalue weighted by atomic mass is 16.5. The predicted octanol–water partition coefficient (Wildman–Crippen LogP) is 3.34. The number of rotatable bonds is 4. The second-order valence-electron chi connectivity index (χ2n) is 4.55. The quantitative estimate of drug-likeness (QED) is 0.824. The van der Waals surface area contributed by atoms with Gasteiger partial charge < -0.3 is 10.1 Å². The lowest BCUT2D eigenvalue weighted by Crippen LogP contribution is -2.15. The van der Waals surface area contributed by atoms with Crippen LogP contribution in [0.15, 0.2) is 30.4 Å². The lowest BCUT2D eigenvalue weighted by Gasteiger charge is -2.19. The fourth-order valence-electron chi connectivity index (χ4n) is 2.19. The summed E-state index contributed by atoms with van der Waals surface area (Å²) in [5.41, 5.74) is 1.54. The zero-order chi connectivity index (χ0) is 12.8. The largest absolute Gasteiger partial charge is 0.497 e. The second-order valence-corrected chi connectivity index (χ2v) is 4.55. The normalized spacial score (nSPS) is 18.1. The third-order valence-electron chi connectivity index (χ3n) is 3.31. The Labute approximate surface area is 108 Å². The van der Waals surface area contributed by atoms with Crippen molar-refractivity contribution in [2.45, 2.75) is 19.3 Å². The molecule has 1 aromatic carbocycles. The lowest BCUT2D eigenvalue weighted by atomic mass is 9.94. The van der Waals surface area contributed by atoms with Crippen molar-refractivity contribution >= 4 is 5.69 Å². The fraction of sp³-hybridized carbons (Fsp3) is 0.400. The van der Waals surface area contributed by atoms with Gasteiger partial charge in [0.15, 0.2) is 0 Å². The van der Waals surface area contributed by atoms with Crippen LogP contribution in [0.25, 0.3) is 0 Å². The molecule has 2 rings (SSSR count). The van der Waals surface area contributed by atoms with E-state index in [2.05, 4.69) is 23.5 Å². The number of nitriles is 1. The van der Waals surface area contributed by atoms with E-state index in [-0.39, 0.29) is 0 Å². The summed E-state index contributed by atoms with van der Waals surface area (Å²) in [5.74, 6) is 1.44. The van der Waals surface area contributed by atoms with Gasteiger partial charge in [-0.3, -0.25) is 0 Å². The van der Waals surface area contributed by atoms with Crippen LogP contribution in [-0.2, 0) is 0 Å². The van der Waals surface area contributed by atoms with Crippen molar-refractivity contribution in [1.29, 1.82) is 5.26 Å². The lowest BCUT2D eigenvalue weighted by molar-refractivity contribution is 0.415. The monoisotopic (exact) mass is 242 g/mol. The average Bonchev–Trinajstić information content (AvgIpc) is 2.45. The summed E-state index contributed by atoms with van der Waals surface area (Å²) in [5, 5.41) is 12.4. The molecule has 3 nitrogen and oxygen atoms in total. The van der Waals surface area contributed by atoms with E-state index in [4.69, 9.17) is 10.00 Å². The maximum Gasteiger partial charge on any atom is 0.121 e. The first-order valence-electron chi connectivity index (χ1n) is 6.30. The summed E-state index contributed by atoms with van der Waals surface area (Å²) in [6.45, 7) is 0.909. The Bertz CT molecular complexity index is 474. The van der Waals surface area contributed by atoms with Crippen molar-refractivity contribution in [3.05, 3.63) is 35.9 Å². The molecule has 1 unspecified atom stereocenters. The van der Waals surface area contributed by atoms with Crippen molar-refractivity contribution in [2.75, 3.05) is 19.0 Å². The molecular formula is C15H18N2O. The smallest absolute Gasteiger partial charge is 0.121 e. The van der Waals surface area contributed by atoms with E-state index in [0.717, 1.165) is 30.8 Å². The number of methoxy groups -OCH3 is 1. The number of allylic oxidation sites excluding steroid dienone is 2. The first-order valence-corrected chi connectivity index (χ1v) is 6.30. The van der Waals surface area contributed by atoms with Crippen molar-refractivity contribution in [2.24, 2.45) is 5.92 Å². The van der Waals surface area contributed by atoms with Gasteiger partial charge in [-0.25, -0.2) is 0 Å². The number of hydrogen-bond acceptors (Lipinski definition) is 3. The molecule has 0 spiro atoms. The van der Waals surface area contributed by atoms with Crippen LogP contribution in [0.1, 0.15) is 24.8 Å².